The third-order valence-electron chi connectivity index (χ3n) is 8.79. The van der Waals surface area contributed by atoms with Gasteiger partial charge in [-0.15, -0.1) is 0 Å². The topological polar surface area (TPSA) is 24.1 Å². The minimum absolute atomic E-state index is 0.249. The number of nitrogens with one attached hydrogen (secondary N) is 2. The number of hydrogen-bond acceptors (Lipinski definition) is 2. The Labute approximate surface area is 209 Å². The molecular formula is C30H41F3N2. The standard InChI is InChI=1S/C30H41F3N2/c1-21(2)23-8-12-26-24(18-23)9-13-27-28(3,14-5-15-29(26,27)4)20-35-17-16-34-19-22-6-10-25(11-7-22)30(31,32)33/h6-8,10-12,18,21,27,34-35H,5,9,13-17,19-20H2,1-4H3/t27-,28-,29+/m0/s1. The number of rotatable bonds is 8. The highest BCUT2D eigenvalue weighted by atomic mass is 19.4. The molecule has 0 aliphatic heterocycles. The van der Waals surface area contributed by atoms with Gasteiger partial charge >= 0.3 is 6.18 Å². The van der Waals surface area contributed by atoms with Gasteiger partial charge in [-0.05, 0) is 82.7 Å². The summed E-state index contributed by atoms with van der Waals surface area (Å²) >= 11 is 0. The molecule has 2 aliphatic rings. The average molecular weight is 487 g/mol. The SMILES string of the molecule is CC(C)c1ccc2c(c1)CC[C@H]1[C@](C)(CNCCNCc3ccc(C(F)(F)F)cc3)CCC[C@]21C. The van der Waals surface area contributed by atoms with Crippen LogP contribution in [0.25, 0.3) is 0 Å². The highest BCUT2D eigenvalue weighted by Gasteiger charge is 2.51. The van der Waals surface area contributed by atoms with Crippen LogP contribution in [0.1, 0.15) is 87.1 Å². The summed E-state index contributed by atoms with van der Waals surface area (Å²) in [5.41, 5.74) is 5.40. The van der Waals surface area contributed by atoms with Gasteiger partial charge in [-0.2, -0.15) is 13.2 Å². The third kappa shape index (κ3) is 5.61. The quantitative estimate of drug-likeness (QED) is 0.385. The number of halogens is 3. The molecule has 2 aromatic carbocycles. The van der Waals surface area contributed by atoms with E-state index >= 15 is 0 Å². The van der Waals surface area contributed by atoms with E-state index in [2.05, 4.69) is 56.5 Å². The molecule has 2 N–H and O–H groups in total. The Kier molecular flexibility index (Phi) is 7.68. The molecule has 35 heavy (non-hydrogen) atoms. The zero-order valence-electron chi connectivity index (χ0n) is 21.7. The van der Waals surface area contributed by atoms with Gasteiger partial charge in [0.15, 0.2) is 0 Å². The predicted octanol–water partition coefficient (Wildman–Crippen LogP) is 7.22. The van der Waals surface area contributed by atoms with Crippen molar-refractivity contribution in [3.8, 4) is 0 Å². The zero-order valence-corrected chi connectivity index (χ0v) is 21.7. The molecule has 192 valence electrons. The van der Waals surface area contributed by atoms with Gasteiger partial charge in [-0.3, -0.25) is 0 Å². The van der Waals surface area contributed by atoms with Crippen LogP contribution in [-0.4, -0.2) is 19.6 Å². The molecule has 2 aliphatic carbocycles. The summed E-state index contributed by atoms with van der Waals surface area (Å²) in [6.45, 7) is 12.8. The van der Waals surface area contributed by atoms with Crippen LogP contribution >= 0.6 is 0 Å². The van der Waals surface area contributed by atoms with Gasteiger partial charge in [0.2, 0.25) is 0 Å². The lowest BCUT2D eigenvalue weighted by molar-refractivity contribution is -0.137. The van der Waals surface area contributed by atoms with Crippen LogP contribution < -0.4 is 10.6 Å². The monoisotopic (exact) mass is 486 g/mol. The van der Waals surface area contributed by atoms with Crippen LogP contribution in [0.15, 0.2) is 42.5 Å². The van der Waals surface area contributed by atoms with Crippen LogP contribution in [0.3, 0.4) is 0 Å². The molecule has 5 heteroatoms. The first-order chi connectivity index (χ1) is 16.5. The normalized spacial score (nSPS) is 26.5. The fourth-order valence-corrected chi connectivity index (χ4v) is 6.81. The first-order valence-electron chi connectivity index (χ1n) is 13.2. The van der Waals surface area contributed by atoms with E-state index in [0.29, 0.717) is 18.4 Å². The van der Waals surface area contributed by atoms with Crippen molar-refractivity contribution in [1.82, 2.24) is 10.6 Å². The summed E-state index contributed by atoms with van der Waals surface area (Å²) in [5.74, 6) is 1.24. The highest BCUT2D eigenvalue weighted by Crippen LogP contribution is 2.57. The van der Waals surface area contributed by atoms with E-state index in [9.17, 15) is 13.2 Å². The molecule has 0 spiro atoms. The Balaban J connectivity index is 1.30. The molecule has 0 heterocycles. The molecule has 3 atom stereocenters. The maximum atomic E-state index is 12.7. The zero-order chi connectivity index (χ0) is 25.3. The van der Waals surface area contributed by atoms with Crippen molar-refractivity contribution in [2.75, 3.05) is 19.6 Å². The number of aryl methyl sites for hydroxylation is 1. The molecule has 0 amide bonds. The summed E-state index contributed by atoms with van der Waals surface area (Å²) in [6.07, 6.45) is 1.96. The molecule has 1 saturated carbocycles. The van der Waals surface area contributed by atoms with Gasteiger partial charge < -0.3 is 10.6 Å². The fraction of sp³-hybridized carbons (Fsp3) is 0.600. The van der Waals surface area contributed by atoms with Crippen LogP contribution in [0, 0.1) is 11.3 Å². The van der Waals surface area contributed by atoms with Crippen molar-refractivity contribution in [2.24, 2.45) is 11.3 Å². The summed E-state index contributed by atoms with van der Waals surface area (Å²) in [4.78, 5) is 0. The van der Waals surface area contributed by atoms with Crippen molar-refractivity contribution < 1.29 is 13.2 Å². The summed E-state index contributed by atoms with van der Waals surface area (Å²) in [6, 6.07) is 12.7. The Hall–Kier alpha value is -1.85. The van der Waals surface area contributed by atoms with Crippen molar-refractivity contribution in [2.45, 2.75) is 83.9 Å². The van der Waals surface area contributed by atoms with Gasteiger partial charge in [-0.1, -0.05) is 64.4 Å². The third-order valence-corrected chi connectivity index (χ3v) is 8.79. The van der Waals surface area contributed by atoms with E-state index in [4.69, 9.17) is 0 Å². The van der Waals surface area contributed by atoms with Crippen LogP contribution in [0.5, 0.6) is 0 Å². The molecular weight excluding hydrogens is 445 g/mol. The van der Waals surface area contributed by atoms with Crippen LogP contribution in [0.2, 0.25) is 0 Å². The van der Waals surface area contributed by atoms with Crippen LogP contribution in [0.4, 0.5) is 13.2 Å². The van der Waals surface area contributed by atoms with E-state index in [1.165, 1.54) is 37.7 Å². The molecule has 0 bridgehead atoms. The molecule has 0 aromatic heterocycles. The molecule has 0 saturated heterocycles. The molecule has 2 aromatic rings. The lowest BCUT2D eigenvalue weighted by Crippen LogP contribution is -2.53. The Morgan fingerprint density at radius 1 is 0.971 bits per heavy atom. The van der Waals surface area contributed by atoms with Gasteiger partial charge in [0.1, 0.15) is 0 Å². The smallest absolute Gasteiger partial charge is 0.315 e. The maximum Gasteiger partial charge on any atom is 0.416 e. The summed E-state index contributed by atoms with van der Waals surface area (Å²) in [5, 5.41) is 7.06. The van der Waals surface area contributed by atoms with Crippen molar-refractivity contribution in [3.63, 3.8) is 0 Å². The van der Waals surface area contributed by atoms with Crippen LogP contribution in [-0.2, 0) is 24.6 Å². The van der Waals surface area contributed by atoms with E-state index in [0.717, 1.165) is 37.3 Å². The molecule has 0 unspecified atom stereocenters. The van der Waals surface area contributed by atoms with Gasteiger partial charge in [-0.25, -0.2) is 0 Å². The average Bonchev–Trinajstić information content (AvgIpc) is 2.80. The molecule has 0 radical (unpaired) electrons. The lowest BCUT2D eigenvalue weighted by atomic mass is 9.49. The van der Waals surface area contributed by atoms with Crippen molar-refractivity contribution in [1.29, 1.82) is 0 Å². The summed E-state index contributed by atoms with van der Waals surface area (Å²) < 4.78 is 38.2. The minimum Gasteiger partial charge on any atom is -0.315 e. The fourth-order valence-electron chi connectivity index (χ4n) is 6.81. The number of fused-ring (bicyclic) bond motifs is 3. The van der Waals surface area contributed by atoms with E-state index in [-0.39, 0.29) is 10.8 Å². The number of hydrogen-bond donors (Lipinski definition) is 2. The van der Waals surface area contributed by atoms with E-state index in [1.54, 1.807) is 23.3 Å². The first-order valence-corrected chi connectivity index (χ1v) is 13.2. The lowest BCUT2D eigenvalue weighted by Gasteiger charge is -2.55. The van der Waals surface area contributed by atoms with Crippen molar-refractivity contribution in [3.05, 3.63) is 70.3 Å². The van der Waals surface area contributed by atoms with Gasteiger partial charge in [0, 0.05) is 26.2 Å². The summed E-state index contributed by atoms with van der Waals surface area (Å²) in [7, 11) is 0. The van der Waals surface area contributed by atoms with Gasteiger partial charge in [0.05, 0.1) is 5.56 Å². The van der Waals surface area contributed by atoms with Gasteiger partial charge in [0.25, 0.3) is 0 Å². The van der Waals surface area contributed by atoms with Crippen molar-refractivity contribution >= 4 is 0 Å². The minimum atomic E-state index is -4.28. The molecule has 2 nitrogen and oxygen atoms in total. The van der Waals surface area contributed by atoms with E-state index < -0.39 is 11.7 Å². The second kappa shape index (κ2) is 10.3. The molecule has 1 fully saturated rings. The second-order valence-corrected chi connectivity index (χ2v) is 11.6. The maximum absolute atomic E-state index is 12.7. The van der Waals surface area contributed by atoms with E-state index in [1.807, 2.05) is 0 Å². The Bertz CT molecular complexity index is 998. The predicted molar refractivity (Wildman–Crippen MR) is 138 cm³/mol. The highest BCUT2D eigenvalue weighted by molar-refractivity contribution is 5.42. The largest absolute Gasteiger partial charge is 0.416 e. The Morgan fingerprint density at radius 3 is 2.37 bits per heavy atom. The Morgan fingerprint density at radius 2 is 1.69 bits per heavy atom. The number of benzene rings is 2. The first kappa shape index (κ1) is 26.2. The second-order valence-electron chi connectivity index (χ2n) is 11.6. The molecule has 4 rings (SSSR count). The number of alkyl halides is 3.